The van der Waals surface area contributed by atoms with Crippen LogP contribution >= 0.6 is 15.9 Å². The van der Waals surface area contributed by atoms with E-state index in [-0.39, 0.29) is 17.2 Å². The van der Waals surface area contributed by atoms with Crippen LogP contribution in [0.5, 0.6) is 17.2 Å². The van der Waals surface area contributed by atoms with Gasteiger partial charge in [-0.05, 0) is 48.4 Å². The molecular weight excluding hydrogens is 362 g/mol. The van der Waals surface area contributed by atoms with Crippen LogP contribution < -0.4 is 14.8 Å². The van der Waals surface area contributed by atoms with Crippen LogP contribution in [0.1, 0.15) is 15.9 Å². The zero-order valence-corrected chi connectivity index (χ0v) is 14.5. The van der Waals surface area contributed by atoms with E-state index < -0.39 is 0 Å². The average Bonchev–Trinajstić information content (AvgIpc) is 2.54. The zero-order chi connectivity index (χ0) is 16.8. The highest BCUT2D eigenvalue weighted by Crippen LogP contribution is 2.24. The predicted molar refractivity (Wildman–Crippen MR) is 91.4 cm³/mol. The van der Waals surface area contributed by atoms with Gasteiger partial charge in [-0.1, -0.05) is 15.9 Å². The Kier molecular flexibility index (Phi) is 5.87. The molecule has 0 heterocycles. The van der Waals surface area contributed by atoms with Gasteiger partial charge < -0.3 is 19.9 Å². The van der Waals surface area contributed by atoms with Gasteiger partial charge in [0.1, 0.15) is 17.2 Å². The number of phenolic OH excluding ortho intramolecular Hbond substituents is 1. The van der Waals surface area contributed by atoms with Gasteiger partial charge in [0.2, 0.25) is 0 Å². The number of hydrogen-bond acceptors (Lipinski definition) is 4. The third-order valence-corrected chi connectivity index (χ3v) is 3.87. The van der Waals surface area contributed by atoms with Gasteiger partial charge >= 0.3 is 0 Å². The molecule has 0 atom stereocenters. The molecule has 5 nitrogen and oxygen atoms in total. The van der Waals surface area contributed by atoms with Crippen LogP contribution in [0.15, 0.2) is 40.9 Å². The number of amides is 1. The number of phenols is 1. The monoisotopic (exact) mass is 379 g/mol. The molecule has 1 amide bonds. The van der Waals surface area contributed by atoms with Crippen molar-refractivity contribution >= 4 is 21.8 Å². The Hall–Kier alpha value is -2.21. The summed E-state index contributed by atoms with van der Waals surface area (Å²) >= 11 is 3.24. The molecule has 0 aliphatic rings. The molecule has 0 fully saturated rings. The first-order valence-corrected chi connectivity index (χ1v) is 7.82. The Balaban J connectivity index is 2.00. The Morgan fingerprint density at radius 2 is 1.96 bits per heavy atom. The molecule has 0 aromatic heterocycles. The Bertz CT molecular complexity index is 703. The minimum Gasteiger partial charge on any atom is -0.507 e. The number of carbonyl (C=O) groups excluding carboxylic acids is 1. The summed E-state index contributed by atoms with van der Waals surface area (Å²) in [4.78, 5) is 12.1. The number of carbonyl (C=O) groups is 1. The average molecular weight is 380 g/mol. The molecular formula is C17H18BrNO4. The van der Waals surface area contributed by atoms with E-state index >= 15 is 0 Å². The molecule has 0 aliphatic heterocycles. The Labute approximate surface area is 143 Å². The number of halogens is 1. The van der Waals surface area contributed by atoms with Crippen molar-refractivity contribution in [1.82, 2.24) is 5.32 Å². The van der Waals surface area contributed by atoms with Crippen LogP contribution in [0.3, 0.4) is 0 Å². The van der Waals surface area contributed by atoms with E-state index in [2.05, 4.69) is 21.2 Å². The molecule has 2 aromatic carbocycles. The van der Waals surface area contributed by atoms with Crippen molar-refractivity contribution in [2.45, 2.75) is 6.42 Å². The topological polar surface area (TPSA) is 67.8 Å². The summed E-state index contributed by atoms with van der Waals surface area (Å²) in [5.74, 6) is 1.09. The second-order valence-corrected chi connectivity index (χ2v) is 5.76. The molecule has 0 unspecified atom stereocenters. The fourth-order valence-corrected chi connectivity index (χ4v) is 2.53. The van der Waals surface area contributed by atoms with Gasteiger partial charge in [0.05, 0.1) is 19.8 Å². The zero-order valence-electron chi connectivity index (χ0n) is 12.9. The van der Waals surface area contributed by atoms with Crippen molar-refractivity contribution in [2.24, 2.45) is 0 Å². The van der Waals surface area contributed by atoms with Crippen LogP contribution in [0.4, 0.5) is 0 Å². The van der Waals surface area contributed by atoms with E-state index in [4.69, 9.17) is 9.47 Å². The van der Waals surface area contributed by atoms with Crippen LogP contribution in [0, 0.1) is 0 Å². The van der Waals surface area contributed by atoms with Crippen molar-refractivity contribution in [2.75, 3.05) is 20.8 Å². The maximum atomic E-state index is 12.1. The van der Waals surface area contributed by atoms with Crippen molar-refractivity contribution in [1.29, 1.82) is 0 Å². The van der Waals surface area contributed by atoms with Gasteiger partial charge in [-0.25, -0.2) is 0 Å². The second kappa shape index (κ2) is 7.87. The molecule has 0 aliphatic carbocycles. The summed E-state index contributed by atoms with van der Waals surface area (Å²) in [5, 5.41) is 12.6. The second-order valence-electron chi connectivity index (χ2n) is 4.85. The van der Waals surface area contributed by atoms with Crippen LogP contribution in [-0.2, 0) is 6.42 Å². The van der Waals surface area contributed by atoms with Gasteiger partial charge in [-0.3, -0.25) is 4.79 Å². The molecule has 23 heavy (non-hydrogen) atoms. The molecule has 0 saturated heterocycles. The maximum absolute atomic E-state index is 12.1. The van der Waals surface area contributed by atoms with Gasteiger partial charge in [0.15, 0.2) is 0 Å². The van der Waals surface area contributed by atoms with E-state index in [9.17, 15) is 9.90 Å². The number of nitrogens with one attached hydrogen (secondary N) is 1. The van der Waals surface area contributed by atoms with Gasteiger partial charge in [-0.2, -0.15) is 0 Å². The first-order chi connectivity index (χ1) is 11.0. The highest BCUT2D eigenvalue weighted by molar-refractivity contribution is 9.10. The molecule has 0 saturated carbocycles. The highest BCUT2D eigenvalue weighted by atomic mass is 79.9. The number of benzene rings is 2. The van der Waals surface area contributed by atoms with Crippen molar-refractivity contribution < 1.29 is 19.4 Å². The summed E-state index contributed by atoms with van der Waals surface area (Å²) in [5.41, 5.74) is 1.18. The van der Waals surface area contributed by atoms with Gasteiger partial charge in [0, 0.05) is 11.0 Å². The maximum Gasteiger partial charge on any atom is 0.255 e. The summed E-state index contributed by atoms with van der Waals surface area (Å²) in [6.07, 6.45) is 0.587. The summed E-state index contributed by atoms with van der Waals surface area (Å²) < 4.78 is 11.2. The van der Waals surface area contributed by atoms with E-state index in [0.717, 1.165) is 17.1 Å². The molecule has 2 rings (SSSR count). The van der Waals surface area contributed by atoms with Crippen LogP contribution in [-0.4, -0.2) is 31.8 Å². The van der Waals surface area contributed by atoms with Crippen LogP contribution in [0.2, 0.25) is 0 Å². The highest BCUT2D eigenvalue weighted by Gasteiger charge is 2.11. The fourth-order valence-electron chi connectivity index (χ4n) is 2.18. The molecule has 0 radical (unpaired) electrons. The summed E-state index contributed by atoms with van der Waals surface area (Å²) in [7, 11) is 3.20. The molecule has 0 bridgehead atoms. The standard InChI is InChI=1S/C17H18BrNO4/c1-22-13-4-6-16(23-2)11(9-13)7-8-19-17(21)14-5-3-12(18)10-15(14)20/h3-6,9-10,20H,7-8H2,1-2H3,(H,19,21). The molecule has 6 heteroatoms. The summed E-state index contributed by atoms with van der Waals surface area (Å²) in [6.45, 7) is 0.415. The van der Waals surface area contributed by atoms with Gasteiger partial charge in [-0.15, -0.1) is 0 Å². The lowest BCUT2D eigenvalue weighted by molar-refractivity contribution is 0.0951. The lowest BCUT2D eigenvalue weighted by atomic mass is 10.1. The van der Waals surface area contributed by atoms with Gasteiger partial charge in [0.25, 0.3) is 5.91 Å². The number of hydrogen-bond donors (Lipinski definition) is 2. The smallest absolute Gasteiger partial charge is 0.255 e. The molecule has 2 aromatic rings. The third-order valence-electron chi connectivity index (χ3n) is 3.37. The largest absolute Gasteiger partial charge is 0.507 e. The molecule has 2 N–H and O–H groups in total. The van der Waals surface area contributed by atoms with E-state index in [1.54, 1.807) is 26.4 Å². The quantitative estimate of drug-likeness (QED) is 0.808. The first kappa shape index (κ1) is 17.1. The predicted octanol–water partition coefficient (Wildman–Crippen LogP) is 3.14. The Morgan fingerprint density at radius 3 is 2.61 bits per heavy atom. The van der Waals surface area contributed by atoms with Crippen LogP contribution in [0.25, 0.3) is 0 Å². The Morgan fingerprint density at radius 1 is 1.17 bits per heavy atom. The SMILES string of the molecule is COc1ccc(OC)c(CCNC(=O)c2ccc(Br)cc2O)c1. The minimum absolute atomic E-state index is 0.0594. The minimum atomic E-state index is -0.322. The molecule has 0 spiro atoms. The number of ether oxygens (including phenoxy) is 2. The van der Waals surface area contributed by atoms with Crippen molar-refractivity contribution in [3.63, 3.8) is 0 Å². The lowest BCUT2D eigenvalue weighted by Crippen LogP contribution is -2.25. The normalized spacial score (nSPS) is 10.2. The molecule has 122 valence electrons. The third kappa shape index (κ3) is 4.39. The summed E-state index contributed by atoms with van der Waals surface area (Å²) in [6, 6.07) is 10.3. The van der Waals surface area contributed by atoms with Crippen molar-refractivity contribution in [3.05, 3.63) is 52.0 Å². The number of rotatable bonds is 6. The lowest BCUT2D eigenvalue weighted by Gasteiger charge is -2.11. The number of aromatic hydroxyl groups is 1. The van der Waals surface area contributed by atoms with E-state index in [1.807, 2.05) is 18.2 Å². The first-order valence-electron chi connectivity index (χ1n) is 7.02. The van der Waals surface area contributed by atoms with E-state index in [1.165, 1.54) is 6.07 Å². The van der Waals surface area contributed by atoms with E-state index in [0.29, 0.717) is 17.4 Å². The fraction of sp³-hybridized carbons (Fsp3) is 0.235. The number of methoxy groups -OCH3 is 2. The van der Waals surface area contributed by atoms with Crippen molar-refractivity contribution in [3.8, 4) is 17.2 Å².